The monoisotopic (exact) mass is 486 g/mol. The summed E-state index contributed by atoms with van der Waals surface area (Å²) in [6.07, 6.45) is 1.36. The van der Waals surface area contributed by atoms with Gasteiger partial charge in [-0.3, -0.25) is 4.79 Å². The first-order valence-corrected chi connectivity index (χ1v) is 10.9. The number of rotatable bonds is 5. The highest BCUT2D eigenvalue weighted by molar-refractivity contribution is 6.42. The molecule has 0 saturated heterocycles. The van der Waals surface area contributed by atoms with E-state index in [1.807, 2.05) is 36.4 Å². The zero-order chi connectivity index (χ0) is 24.1. The lowest BCUT2D eigenvalue weighted by Crippen LogP contribution is -2.14. The fourth-order valence-corrected chi connectivity index (χ4v) is 3.63. The number of hydrogen-bond acceptors (Lipinski definition) is 4. The van der Waals surface area contributed by atoms with E-state index in [1.165, 1.54) is 18.2 Å². The van der Waals surface area contributed by atoms with E-state index in [4.69, 9.17) is 27.9 Å². The lowest BCUT2D eigenvalue weighted by molar-refractivity contribution is -0.112. The van der Waals surface area contributed by atoms with Crippen LogP contribution in [0.1, 0.15) is 15.9 Å². The Kier molecular flexibility index (Phi) is 6.93. The highest BCUT2D eigenvalue weighted by Gasteiger charge is 2.16. The lowest BCUT2D eigenvalue weighted by atomic mass is 10.0. The van der Waals surface area contributed by atoms with Crippen LogP contribution < -0.4 is 10.1 Å². The summed E-state index contributed by atoms with van der Waals surface area (Å²) in [6.45, 7) is 0. The van der Waals surface area contributed by atoms with Gasteiger partial charge in [0.1, 0.15) is 17.4 Å². The zero-order valence-electron chi connectivity index (χ0n) is 17.6. The second-order valence-electron chi connectivity index (χ2n) is 7.21. The first kappa shape index (κ1) is 23.1. The third-order valence-corrected chi connectivity index (χ3v) is 5.71. The molecule has 0 saturated carbocycles. The molecule has 0 radical (unpaired) electrons. The number of carbonyl (C=O) groups is 2. The predicted molar refractivity (Wildman–Crippen MR) is 134 cm³/mol. The van der Waals surface area contributed by atoms with Crippen LogP contribution in [0.3, 0.4) is 0 Å². The van der Waals surface area contributed by atoms with Gasteiger partial charge >= 0.3 is 5.97 Å². The van der Waals surface area contributed by atoms with E-state index in [0.717, 1.165) is 10.8 Å². The number of nitriles is 1. The van der Waals surface area contributed by atoms with E-state index in [-0.39, 0.29) is 16.3 Å². The molecule has 0 heterocycles. The molecule has 4 rings (SSSR count). The minimum Gasteiger partial charge on any atom is -0.422 e. The molecule has 4 aromatic rings. The number of fused-ring (bicyclic) bond motifs is 1. The van der Waals surface area contributed by atoms with Crippen molar-refractivity contribution in [2.24, 2.45) is 0 Å². The van der Waals surface area contributed by atoms with Crippen LogP contribution in [0.25, 0.3) is 16.8 Å². The average molecular weight is 487 g/mol. The summed E-state index contributed by atoms with van der Waals surface area (Å²) < 4.78 is 5.66. The van der Waals surface area contributed by atoms with E-state index < -0.39 is 11.9 Å². The maximum atomic E-state index is 13.0. The second kappa shape index (κ2) is 10.2. The van der Waals surface area contributed by atoms with Crippen molar-refractivity contribution < 1.29 is 14.3 Å². The van der Waals surface area contributed by atoms with Crippen molar-refractivity contribution in [3.05, 3.63) is 112 Å². The molecule has 0 spiro atoms. The van der Waals surface area contributed by atoms with Gasteiger partial charge in [-0.05, 0) is 47.2 Å². The minimum atomic E-state index is -0.643. The first-order valence-electron chi connectivity index (χ1n) is 10.1. The first-order chi connectivity index (χ1) is 16.5. The van der Waals surface area contributed by atoms with Gasteiger partial charge in [0.2, 0.25) is 0 Å². The van der Waals surface area contributed by atoms with E-state index in [0.29, 0.717) is 21.8 Å². The molecular weight excluding hydrogens is 471 g/mol. The van der Waals surface area contributed by atoms with Crippen LogP contribution in [-0.4, -0.2) is 11.9 Å². The standard InChI is InChI=1S/C27H16Cl2N2O3/c28-23-13-12-20(15-24(23)29)31-26(32)19(16-30)14-18-7-2-4-11-25(18)34-27(33)22-10-5-8-17-6-1-3-9-21(17)22/h1-15H,(H,31,32)/b19-14+. The van der Waals surface area contributed by atoms with Gasteiger partial charge in [-0.1, -0.05) is 77.8 Å². The molecule has 166 valence electrons. The van der Waals surface area contributed by atoms with Crippen molar-refractivity contribution in [3.63, 3.8) is 0 Å². The van der Waals surface area contributed by atoms with E-state index in [1.54, 1.807) is 42.5 Å². The Hall–Kier alpha value is -4.11. The maximum Gasteiger partial charge on any atom is 0.344 e. The van der Waals surface area contributed by atoms with E-state index in [2.05, 4.69) is 5.32 Å². The minimum absolute atomic E-state index is 0.181. The average Bonchev–Trinajstić information content (AvgIpc) is 2.85. The van der Waals surface area contributed by atoms with Crippen molar-refractivity contribution in [2.75, 3.05) is 5.32 Å². The lowest BCUT2D eigenvalue weighted by Gasteiger charge is -2.10. The van der Waals surface area contributed by atoms with Gasteiger partial charge in [-0.25, -0.2) is 4.79 Å². The van der Waals surface area contributed by atoms with Gasteiger partial charge in [-0.15, -0.1) is 0 Å². The summed E-state index contributed by atoms with van der Waals surface area (Å²) in [6, 6.07) is 26.0. The molecule has 5 nitrogen and oxygen atoms in total. The molecule has 1 amide bonds. The molecule has 0 aliphatic heterocycles. The van der Waals surface area contributed by atoms with Crippen molar-refractivity contribution >= 4 is 57.6 Å². The summed E-state index contributed by atoms with van der Waals surface area (Å²) in [5.74, 6) is -0.969. The van der Waals surface area contributed by atoms with Crippen LogP contribution in [0, 0.1) is 11.3 Å². The predicted octanol–water partition coefficient (Wildman–Crippen LogP) is 6.91. The Balaban J connectivity index is 1.60. The number of benzene rings is 4. The van der Waals surface area contributed by atoms with Crippen LogP contribution >= 0.6 is 23.2 Å². The summed E-state index contributed by atoms with van der Waals surface area (Å²) in [5, 5.41) is 14.5. The summed E-state index contributed by atoms with van der Waals surface area (Å²) in [5.41, 5.74) is 1.02. The Morgan fingerprint density at radius 3 is 2.41 bits per heavy atom. The molecule has 0 fully saturated rings. The molecule has 0 aromatic heterocycles. The number of amides is 1. The molecule has 4 aromatic carbocycles. The molecule has 0 aliphatic carbocycles. The second-order valence-corrected chi connectivity index (χ2v) is 8.02. The fraction of sp³-hybridized carbons (Fsp3) is 0. The van der Waals surface area contributed by atoms with Gasteiger partial charge < -0.3 is 10.1 Å². The van der Waals surface area contributed by atoms with Gasteiger partial charge in [0.05, 0.1) is 15.6 Å². The molecule has 0 unspecified atom stereocenters. The topological polar surface area (TPSA) is 79.2 Å². The van der Waals surface area contributed by atoms with Crippen LogP contribution in [0.4, 0.5) is 5.69 Å². The van der Waals surface area contributed by atoms with Gasteiger partial charge in [0, 0.05) is 11.3 Å². The van der Waals surface area contributed by atoms with Crippen LogP contribution in [0.5, 0.6) is 5.75 Å². The number of halogens is 2. The number of anilines is 1. The van der Waals surface area contributed by atoms with Crippen molar-refractivity contribution in [1.29, 1.82) is 5.26 Å². The number of para-hydroxylation sites is 1. The zero-order valence-corrected chi connectivity index (χ0v) is 19.1. The van der Waals surface area contributed by atoms with Gasteiger partial charge in [0.25, 0.3) is 5.91 Å². The molecule has 0 aliphatic rings. The molecule has 7 heteroatoms. The molecule has 34 heavy (non-hydrogen) atoms. The SMILES string of the molecule is N#C/C(=C\c1ccccc1OC(=O)c1cccc2ccccc12)C(=O)Nc1ccc(Cl)c(Cl)c1. The third kappa shape index (κ3) is 5.10. The number of esters is 1. The normalized spacial score (nSPS) is 11.0. The summed E-state index contributed by atoms with van der Waals surface area (Å²) >= 11 is 11.9. The highest BCUT2D eigenvalue weighted by atomic mass is 35.5. The quantitative estimate of drug-likeness (QED) is 0.144. The number of nitrogens with one attached hydrogen (secondary N) is 1. The number of hydrogen-bond donors (Lipinski definition) is 1. The van der Waals surface area contributed by atoms with E-state index >= 15 is 0 Å². The number of carbonyl (C=O) groups excluding carboxylic acids is 2. The smallest absolute Gasteiger partial charge is 0.344 e. The van der Waals surface area contributed by atoms with E-state index in [9.17, 15) is 14.9 Å². The Morgan fingerprint density at radius 1 is 0.882 bits per heavy atom. The fourth-order valence-electron chi connectivity index (χ4n) is 3.33. The Morgan fingerprint density at radius 2 is 1.62 bits per heavy atom. The van der Waals surface area contributed by atoms with Crippen molar-refractivity contribution in [3.8, 4) is 11.8 Å². The van der Waals surface area contributed by atoms with Crippen molar-refractivity contribution in [1.82, 2.24) is 0 Å². The number of ether oxygens (including phenoxy) is 1. The third-order valence-electron chi connectivity index (χ3n) is 4.97. The van der Waals surface area contributed by atoms with Crippen LogP contribution in [0.15, 0.2) is 90.5 Å². The Labute approximate surface area is 205 Å². The molecular formula is C27H16Cl2N2O3. The largest absolute Gasteiger partial charge is 0.422 e. The molecule has 1 N–H and O–H groups in total. The summed E-state index contributed by atoms with van der Waals surface area (Å²) in [4.78, 5) is 25.6. The number of nitrogens with zero attached hydrogens (tertiary/aromatic N) is 1. The van der Waals surface area contributed by atoms with Gasteiger partial charge in [0.15, 0.2) is 0 Å². The van der Waals surface area contributed by atoms with Crippen LogP contribution in [0.2, 0.25) is 10.0 Å². The van der Waals surface area contributed by atoms with Crippen molar-refractivity contribution in [2.45, 2.75) is 0 Å². The Bertz CT molecular complexity index is 1480. The van der Waals surface area contributed by atoms with Crippen LogP contribution in [-0.2, 0) is 4.79 Å². The maximum absolute atomic E-state index is 13.0. The molecule has 0 bridgehead atoms. The molecule has 0 atom stereocenters. The summed E-state index contributed by atoms with van der Waals surface area (Å²) in [7, 11) is 0. The highest BCUT2D eigenvalue weighted by Crippen LogP contribution is 2.27. The van der Waals surface area contributed by atoms with Gasteiger partial charge in [-0.2, -0.15) is 5.26 Å².